The third kappa shape index (κ3) is 3.03. The van der Waals surface area contributed by atoms with Crippen molar-refractivity contribution in [1.29, 1.82) is 0 Å². The smallest absolute Gasteiger partial charge is 0.0236 e. The molecule has 0 radical (unpaired) electrons. The number of nitrogens with zero attached hydrogens (tertiary/aromatic N) is 1. The second-order valence-electron chi connectivity index (χ2n) is 6.57. The topological polar surface area (TPSA) is 29.3 Å². The zero-order valence-electron chi connectivity index (χ0n) is 12.6. The van der Waals surface area contributed by atoms with Gasteiger partial charge < -0.3 is 5.73 Å². The van der Waals surface area contributed by atoms with Crippen LogP contribution in [0.25, 0.3) is 0 Å². The van der Waals surface area contributed by atoms with Crippen LogP contribution in [0, 0.1) is 25.7 Å². The van der Waals surface area contributed by atoms with Gasteiger partial charge in [-0.2, -0.15) is 0 Å². The van der Waals surface area contributed by atoms with Crippen LogP contribution in [0.3, 0.4) is 0 Å². The molecule has 112 valence electrons. The lowest BCUT2D eigenvalue weighted by Crippen LogP contribution is -2.38. The summed E-state index contributed by atoms with van der Waals surface area (Å²) in [4.78, 5) is 2.63. The van der Waals surface area contributed by atoms with Crippen LogP contribution in [-0.2, 0) is 6.54 Å². The molecule has 1 saturated heterocycles. The Kier molecular flexibility index (Phi) is 5.11. The van der Waals surface area contributed by atoms with E-state index in [9.17, 15) is 0 Å². The number of halogens is 1. The fourth-order valence-corrected chi connectivity index (χ4v) is 3.96. The van der Waals surface area contributed by atoms with Crippen molar-refractivity contribution in [2.45, 2.75) is 45.7 Å². The molecule has 1 heterocycles. The number of rotatable bonds is 2. The van der Waals surface area contributed by atoms with Crippen molar-refractivity contribution in [3.05, 3.63) is 34.9 Å². The van der Waals surface area contributed by atoms with Gasteiger partial charge in [-0.1, -0.05) is 24.6 Å². The van der Waals surface area contributed by atoms with Crippen LogP contribution >= 0.6 is 12.4 Å². The van der Waals surface area contributed by atoms with Crippen molar-refractivity contribution in [3.63, 3.8) is 0 Å². The molecule has 1 aromatic rings. The minimum Gasteiger partial charge on any atom is -0.327 e. The third-order valence-corrected chi connectivity index (χ3v) is 5.34. The largest absolute Gasteiger partial charge is 0.327 e. The zero-order chi connectivity index (χ0) is 13.4. The summed E-state index contributed by atoms with van der Waals surface area (Å²) >= 11 is 0. The quantitative estimate of drug-likeness (QED) is 0.907. The third-order valence-electron chi connectivity index (χ3n) is 5.34. The van der Waals surface area contributed by atoms with E-state index in [0.717, 1.165) is 18.4 Å². The maximum atomic E-state index is 6.30. The molecule has 0 aromatic heterocycles. The van der Waals surface area contributed by atoms with Gasteiger partial charge >= 0.3 is 0 Å². The lowest BCUT2D eigenvalue weighted by atomic mass is 9.78. The van der Waals surface area contributed by atoms with Gasteiger partial charge in [-0.25, -0.2) is 0 Å². The van der Waals surface area contributed by atoms with Gasteiger partial charge in [0, 0.05) is 25.7 Å². The maximum absolute atomic E-state index is 6.30. The number of aryl methyl sites for hydroxylation is 1. The van der Waals surface area contributed by atoms with E-state index < -0.39 is 0 Å². The van der Waals surface area contributed by atoms with Crippen LogP contribution in [-0.4, -0.2) is 24.0 Å². The Bertz CT molecular complexity index is 460. The van der Waals surface area contributed by atoms with Crippen molar-refractivity contribution >= 4 is 12.4 Å². The van der Waals surface area contributed by atoms with Crippen molar-refractivity contribution in [2.75, 3.05) is 13.1 Å². The fourth-order valence-electron chi connectivity index (χ4n) is 3.96. The first-order valence-electron chi connectivity index (χ1n) is 7.68. The molecule has 1 aromatic carbocycles. The van der Waals surface area contributed by atoms with Gasteiger partial charge in [0.05, 0.1) is 0 Å². The monoisotopic (exact) mass is 294 g/mol. The number of nitrogens with two attached hydrogens (primary N) is 1. The highest BCUT2D eigenvalue weighted by molar-refractivity contribution is 5.85. The Balaban J connectivity index is 0.00000147. The van der Waals surface area contributed by atoms with E-state index in [1.807, 2.05) is 0 Å². The highest BCUT2D eigenvalue weighted by Crippen LogP contribution is 2.36. The van der Waals surface area contributed by atoms with Crippen LogP contribution in [0.2, 0.25) is 0 Å². The summed E-state index contributed by atoms with van der Waals surface area (Å²) in [5, 5.41) is 0. The molecule has 1 aliphatic carbocycles. The molecule has 3 heteroatoms. The number of fused-ring (bicyclic) bond motifs is 1. The molecule has 2 N–H and O–H groups in total. The predicted octanol–water partition coefficient (Wildman–Crippen LogP) is 3.28. The first kappa shape index (κ1) is 15.8. The molecule has 2 nitrogen and oxygen atoms in total. The number of benzene rings is 1. The molecule has 20 heavy (non-hydrogen) atoms. The summed E-state index contributed by atoms with van der Waals surface area (Å²) in [7, 11) is 0. The van der Waals surface area contributed by atoms with Gasteiger partial charge in [0.2, 0.25) is 0 Å². The van der Waals surface area contributed by atoms with E-state index in [-0.39, 0.29) is 12.4 Å². The van der Waals surface area contributed by atoms with E-state index in [0.29, 0.717) is 6.04 Å². The van der Waals surface area contributed by atoms with E-state index in [1.54, 1.807) is 0 Å². The molecule has 0 spiro atoms. The summed E-state index contributed by atoms with van der Waals surface area (Å²) in [6, 6.07) is 7.12. The summed E-state index contributed by atoms with van der Waals surface area (Å²) in [6.45, 7) is 8.02. The summed E-state index contributed by atoms with van der Waals surface area (Å²) < 4.78 is 0. The van der Waals surface area contributed by atoms with Gasteiger partial charge in [0.25, 0.3) is 0 Å². The van der Waals surface area contributed by atoms with E-state index in [2.05, 4.69) is 36.9 Å². The molecule has 2 aliphatic rings. The SMILES string of the molecule is Cc1cccc(CN2CC3CCCC(N)C3C2)c1C.Cl. The van der Waals surface area contributed by atoms with Crippen LogP contribution in [0.5, 0.6) is 0 Å². The van der Waals surface area contributed by atoms with E-state index >= 15 is 0 Å². The Morgan fingerprint density at radius 2 is 2.00 bits per heavy atom. The predicted molar refractivity (Wildman–Crippen MR) is 87.2 cm³/mol. The van der Waals surface area contributed by atoms with Gasteiger partial charge in [0.15, 0.2) is 0 Å². The molecule has 0 amide bonds. The average molecular weight is 295 g/mol. The highest BCUT2D eigenvalue weighted by Gasteiger charge is 2.38. The first-order chi connectivity index (χ1) is 9.15. The van der Waals surface area contributed by atoms with Crippen molar-refractivity contribution in [2.24, 2.45) is 17.6 Å². The second kappa shape index (κ2) is 6.46. The van der Waals surface area contributed by atoms with E-state index in [4.69, 9.17) is 5.73 Å². The van der Waals surface area contributed by atoms with Crippen LogP contribution in [0.15, 0.2) is 18.2 Å². The van der Waals surface area contributed by atoms with Gasteiger partial charge in [-0.05, 0) is 55.2 Å². The summed E-state index contributed by atoms with van der Waals surface area (Å²) in [6.07, 6.45) is 3.96. The minimum absolute atomic E-state index is 0. The van der Waals surface area contributed by atoms with Gasteiger partial charge in [-0.3, -0.25) is 4.90 Å². The van der Waals surface area contributed by atoms with Crippen LogP contribution in [0.4, 0.5) is 0 Å². The minimum atomic E-state index is 0. The molecule has 0 bridgehead atoms. The van der Waals surface area contributed by atoms with Crippen molar-refractivity contribution < 1.29 is 0 Å². The Morgan fingerprint density at radius 3 is 2.75 bits per heavy atom. The molecule has 1 saturated carbocycles. The Morgan fingerprint density at radius 1 is 1.20 bits per heavy atom. The molecule has 3 rings (SSSR count). The normalized spacial score (nSPS) is 29.9. The maximum Gasteiger partial charge on any atom is 0.0236 e. The standard InChI is InChI=1S/C17H26N2.ClH/c1-12-5-3-6-14(13(12)2)9-19-10-15-7-4-8-17(18)16(15)11-19;/h3,5-6,15-17H,4,7-11,18H2,1-2H3;1H. The van der Waals surface area contributed by atoms with Crippen molar-refractivity contribution in [1.82, 2.24) is 4.90 Å². The summed E-state index contributed by atoms with van der Waals surface area (Å²) in [5.41, 5.74) is 10.7. The lowest BCUT2D eigenvalue weighted by Gasteiger charge is -2.29. The fraction of sp³-hybridized carbons (Fsp3) is 0.647. The second-order valence-corrected chi connectivity index (χ2v) is 6.57. The Labute approximate surface area is 129 Å². The highest BCUT2D eigenvalue weighted by atomic mass is 35.5. The van der Waals surface area contributed by atoms with Gasteiger partial charge in [-0.15, -0.1) is 12.4 Å². The number of hydrogen-bond donors (Lipinski definition) is 1. The zero-order valence-corrected chi connectivity index (χ0v) is 13.5. The molecule has 2 fully saturated rings. The number of likely N-dealkylation sites (tertiary alicyclic amines) is 1. The Hall–Kier alpha value is -0.570. The molecular formula is C17H27ClN2. The number of hydrogen-bond acceptors (Lipinski definition) is 2. The lowest BCUT2D eigenvalue weighted by molar-refractivity contribution is 0.259. The molecule has 3 atom stereocenters. The molecular weight excluding hydrogens is 268 g/mol. The average Bonchev–Trinajstić information content (AvgIpc) is 2.79. The van der Waals surface area contributed by atoms with Crippen LogP contribution in [0.1, 0.15) is 36.0 Å². The van der Waals surface area contributed by atoms with E-state index in [1.165, 1.54) is 49.0 Å². The summed E-state index contributed by atoms with van der Waals surface area (Å²) in [5.74, 6) is 1.60. The molecule has 3 unspecified atom stereocenters. The van der Waals surface area contributed by atoms with Crippen molar-refractivity contribution in [3.8, 4) is 0 Å². The van der Waals surface area contributed by atoms with Crippen LogP contribution < -0.4 is 5.73 Å². The molecule has 1 aliphatic heterocycles. The first-order valence-corrected chi connectivity index (χ1v) is 7.68. The van der Waals surface area contributed by atoms with Gasteiger partial charge in [0.1, 0.15) is 0 Å².